The van der Waals surface area contributed by atoms with Crippen molar-refractivity contribution >= 4 is 0 Å². The van der Waals surface area contributed by atoms with Crippen molar-refractivity contribution in [2.75, 3.05) is 26.4 Å². The molecule has 0 N–H and O–H groups in total. The zero-order valence-corrected chi connectivity index (χ0v) is 11.3. The molecular formula is C14H26O3. The molecule has 0 aromatic carbocycles. The fraction of sp³-hybridized carbons (Fsp3) is 1.00. The molecule has 3 nitrogen and oxygen atoms in total. The predicted molar refractivity (Wildman–Crippen MR) is 67.2 cm³/mol. The Morgan fingerprint density at radius 2 is 1.24 bits per heavy atom. The van der Waals surface area contributed by atoms with Gasteiger partial charge in [-0.15, -0.1) is 0 Å². The number of hydrogen-bond acceptors (Lipinski definition) is 3. The summed E-state index contributed by atoms with van der Waals surface area (Å²) in [4.78, 5) is 0. The maximum atomic E-state index is 6.45. The molecule has 2 rings (SSSR count). The van der Waals surface area contributed by atoms with Crippen LogP contribution in [0.2, 0.25) is 0 Å². The number of rotatable bonds is 8. The van der Waals surface area contributed by atoms with E-state index in [-0.39, 0.29) is 11.2 Å². The quantitative estimate of drug-likeness (QED) is 0.655. The van der Waals surface area contributed by atoms with Crippen LogP contribution in [0.1, 0.15) is 52.4 Å². The summed E-state index contributed by atoms with van der Waals surface area (Å²) in [6, 6.07) is 0. The molecule has 0 bridgehead atoms. The molecule has 0 aromatic rings. The van der Waals surface area contributed by atoms with Crippen molar-refractivity contribution in [1.82, 2.24) is 0 Å². The summed E-state index contributed by atoms with van der Waals surface area (Å²) < 4.78 is 17.2. The molecule has 3 heteroatoms. The molecule has 0 spiro atoms. The average Bonchev–Trinajstić information content (AvgIpc) is 2.24. The lowest BCUT2D eigenvalue weighted by Crippen LogP contribution is -2.63. The lowest BCUT2D eigenvalue weighted by Gasteiger charge is -2.52. The van der Waals surface area contributed by atoms with Crippen molar-refractivity contribution in [3.63, 3.8) is 0 Å². The minimum Gasteiger partial charge on any atom is -0.375 e. The molecule has 0 saturated carbocycles. The summed E-state index contributed by atoms with van der Waals surface area (Å²) in [6.45, 7) is 7.57. The van der Waals surface area contributed by atoms with Crippen LogP contribution in [-0.4, -0.2) is 37.6 Å². The molecule has 2 heterocycles. The molecule has 0 radical (unpaired) electrons. The van der Waals surface area contributed by atoms with E-state index >= 15 is 0 Å². The average molecular weight is 242 g/mol. The maximum Gasteiger partial charge on any atom is 0.116 e. The van der Waals surface area contributed by atoms with Gasteiger partial charge in [0.2, 0.25) is 0 Å². The molecule has 100 valence electrons. The van der Waals surface area contributed by atoms with Gasteiger partial charge in [0.15, 0.2) is 0 Å². The van der Waals surface area contributed by atoms with E-state index in [0.29, 0.717) is 0 Å². The van der Waals surface area contributed by atoms with Gasteiger partial charge in [-0.05, 0) is 12.8 Å². The highest BCUT2D eigenvalue weighted by Crippen LogP contribution is 2.38. The number of hydrogen-bond donors (Lipinski definition) is 0. The van der Waals surface area contributed by atoms with Crippen molar-refractivity contribution in [2.45, 2.75) is 63.6 Å². The zero-order chi connectivity index (χ0) is 12.2. The van der Waals surface area contributed by atoms with Crippen molar-refractivity contribution in [1.29, 1.82) is 0 Å². The third-order valence-electron chi connectivity index (χ3n) is 3.87. The second kappa shape index (κ2) is 5.68. The van der Waals surface area contributed by atoms with Gasteiger partial charge in [0.1, 0.15) is 11.2 Å². The van der Waals surface area contributed by atoms with Gasteiger partial charge >= 0.3 is 0 Å². The Morgan fingerprint density at radius 3 is 1.47 bits per heavy atom. The molecule has 2 saturated heterocycles. The van der Waals surface area contributed by atoms with E-state index in [0.717, 1.165) is 39.3 Å². The monoisotopic (exact) mass is 242 g/mol. The first-order chi connectivity index (χ1) is 8.24. The van der Waals surface area contributed by atoms with Crippen LogP contribution in [0.3, 0.4) is 0 Å². The lowest BCUT2D eigenvalue weighted by molar-refractivity contribution is -0.319. The van der Waals surface area contributed by atoms with Crippen LogP contribution < -0.4 is 0 Å². The third kappa shape index (κ3) is 3.01. The van der Waals surface area contributed by atoms with Gasteiger partial charge in [0, 0.05) is 0 Å². The highest BCUT2D eigenvalue weighted by atomic mass is 16.6. The fourth-order valence-corrected chi connectivity index (χ4v) is 2.63. The standard InChI is InChI=1S/C14H26O3/c1-3-5-7-13(9-15-10-13)17-14(8-6-4-2)11-16-12-14/h3-12H2,1-2H3. The van der Waals surface area contributed by atoms with Gasteiger partial charge in [0.25, 0.3) is 0 Å². The zero-order valence-electron chi connectivity index (χ0n) is 11.3. The van der Waals surface area contributed by atoms with E-state index < -0.39 is 0 Å². The molecule has 0 aliphatic carbocycles. The van der Waals surface area contributed by atoms with Crippen LogP contribution in [0.15, 0.2) is 0 Å². The Bertz CT molecular complexity index is 208. The van der Waals surface area contributed by atoms with Crippen LogP contribution >= 0.6 is 0 Å². The normalized spacial score (nSPS) is 25.1. The molecule has 2 aliphatic rings. The second-order valence-electron chi connectivity index (χ2n) is 5.66. The number of ether oxygens (including phenoxy) is 3. The molecule has 17 heavy (non-hydrogen) atoms. The van der Waals surface area contributed by atoms with Crippen LogP contribution in [0.5, 0.6) is 0 Å². The molecular weight excluding hydrogens is 216 g/mol. The first-order valence-corrected chi connectivity index (χ1v) is 7.10. The summed E-state index contributed by atoms with van der Waals surface area (Å²) in [5.41, 5.74) is 0.0149. The van der Waals surface area contributed by atoms with Crippen molar-refractivity contribution < 1.29 is 14.2 Å². The Morgan fingerprint density at radius 1 is 0.824 bits per heavy atom. The SMILES string of the molecule is CCCCC1(OC2(CCCC)COC2)COC1. The van der Waals surface area contributed by atoms with E-state index in [1.165, 1.54) is 25.7 Å². The second-order valence-corrected chi connectivity index (χ2v) is 5.66. The Labute approximate surface area is 105 Å². The summed E-state index contributed by atoms with van der Waals surface area (Å²) in [5.74, 6) is 0. The minimum atomic E-state index is 0.00747. The Kier molecular flexibility index (Phi) is 4.45. The molecule has 0 aromatic heterocycles. The predicted octanol–water partition coefficient (Wildman–Crippen LogP) is 2.92. The van der Waals surface area contributed by atoms with Gasteiger partial charge < -0.3 is 14.2 Å². The van der Waals surface area contributed by atoms with E-state index in [1.807, 2.05) is 0 Å². The highest BCUT2D eigenvalue weighted by Gasteiger charge is 2.49. The Hall–Kier alpha value is -0.120. The first-order valence-electron chi connectivity index (χ1n) is 7.10. The minimum absolute atomic E-state index is 0.00747. The van der Waals surface area contributed by atoms with Crippen molar-refractivity contribution in [3.8, 4) is 0 Å². The van der Waals surface area contributed by atoms with Gasteiger partial charge in [-0.3, -0.25) is 0 Å². The van der Waals surface area contributed by atoms with Crippen molar-refractivity contribution in [2.24, 2.45) is 0 Å². The lowest BCUT2D eigenvalue weighted by atomic mass is 9.89. The maximum absolute atomic E-state index is 6.45. The van der Waals surface area contributed by atoms with Gasteiger partial charge in [-0.1, -0.05) is 39.5 Å². The highest BCUT2D eigenvalue weighted by molar-refractivity contribution is 4.96. The molecule has 2 fully saturated rings. The molecule has 0 unspecified atom stereocenters. The Balaban J connectivity index is 1.87. The van der Waals surface area contributed by atoms with Crippen molar-refractivity contribution in [3.05, 3.63) is 0 Å². The smallest absolute Gasteiger partial charge is 0.116 e. The topological polar surface area (TPSA) is 27.7 Å². The first kappa shape index (κ1) is 13.3. The fourth-order valence-electron chi connectivity index (χ4n) is 2.63. The van der Waals surface area contributed by atoms with E-state index in [9.17, 15) is 0 Å². The summed E-state index contributed by atoms with van der Waals surface area (Å²) >= 11 is 0. The largest absolute Gasteiger partial charge is 0.375 e. The van der Waals surface area contributed by atoms with Crippen LogP contribution in [-0.2, 0) is 14.2 Å². The van der Waals surface area contributed by atoms with E-state index in [1.54, 1.807) is 0 Å². The summed E-state index contributed by atoms with van der Waals surface area (Å²) in [7, 11) is 0. The van der Waals surface area contributed by atoms with E-state index in [2.05, 4.69) is 13.8 Å². The van der Waals surface area contributed by atoms with Crippen LogP contribution in [0.25, 0.3) is 0 Å². The van der Waals surface area contributed by atoms with Crippen LogP contribution in [0.4, 0.5) is 0 Å². The summed E-state index contributed by atoms with van der Waals surface area (Å²) in [5, 5.41) is 0. The van der Waals surface area contributed by atoms with Gasteiger partial charge in [0.05, 0.1) is 26.4 Å². The summed E-state index contributed by atoms with van der Waals surface area (Å²) in [6.07, 6.45) is 7.18. The molecule has 0 amide bonds. The third-order valence-corrected chi connectivity index (χ3v) is 3.87. The van der Waals surface area contributed by atoms with E-state index in [4.69, 9.17) is 14.2 Å². The molecule has 0 atom stereocenters. The number of unbranched alkanes of at least 4 members (excludes halogenated alkanes) is 2. The van der Waals surface area contributed by atoms with Gasteiger partial charge in [-0.25, -0.2) is 0 Å². The molecule has 2 aliphatic heterocycles. The van der Waals surface area contributed by atoms with Gasteiger partial charge in [-0.2, -0.15) is 0 Å². The van der Waals surface area contributed by atoms with Crippen LogP contribution in [0, 0.1) is 0 Å².